The zero-order valence-electron chi connectivity index (χ0n) is 6.80. The number of ether oxygens (including phenoxy) is 1. The van der Waals surface area contributed by atoms with Crippen molar-refractivity contribution in [1.29, 1.82) is 0 Å². The number of rotatable bonds is 1. The summed E-state index contributed by atoms with van der Waals surface area (Å²) in [6.45, 7) is 0. The van der Waals surface area contributed by atoms with Crippen LogP contribution in [0.5, 0.6) is 5.88 Å². The zero-order chi connectivity index (χ0) is 9.42. The highest BCUT2D eigenvalue weighted by atomic mass is 16.5. The van der Waals surface area contributed by atoms with Crippen LogP contribution in [-0.4, -0.2) is 32.0 Å². The van der Waals surface area contributed by atoms with Crippen LogP contribution in [0, 0.1) is 0 Å². The van der Waals surface area contributed by atoms with Crippen molar-refractivity contribution in [3.8, 4) is 5.88 Å². The number of nitrogens with two attached hydrogens (primary N) is 1. The molecule has 0 spiro atoms. The summed E-state index contributed by atoms with van der Waals surface area (Å²) in [7, 11) is 1.44. The molecule has 7 nitrogen and oxygen atoms in total. The summed E-state index contributed by atoms with van der Waals surface area (Å²) in [6, 6.07) is 0. The molecule has 0 bridgehead atoms. The molecule has 2 aromatic heterocycles. The maximum absolute atomic E-state index is 9.21. The van der Waals surface area contributed by atoms with E-state index < -0.39 is 0 Å². The van der Waals surface area contributed by atoms with E-state index in [1.54, 1.807) is 0 Å². The Balaban J connectivity index is 2.84. The van der Waals surface area contributed by atoms with Crippen LogP contribution in [0.3, 0.4) is 0 Å². The monoisotopic (exact) mass is 181 g/mol. The molecule has 0 saturated heterocycles. The van der Waals surface area contributed by atoms with Crippen LogP contribution in [0.25, 0.3) is 11.2 Å². The van der Waals surface area contributed by atoms with Gasteiger partial charge in [0.2, 0.25) is 17.5 Å². The second kappa shape index (κ2) is 2.47. The molecule has 0 aliphatic rings. The van der Waals surface area contributed by atoms with Crippen molar-refractivity contribution in [3.63, 3.8) is 0 Å². The molecule has 0 unspecified atom stereocenters. The maximum atomic E-state index is 9.21. The number of hydrogen-bond donors (Lipinski definition) is 2. The van der Waals surface area contributed by atoms with Crippen molar-refractivity contribution in [2.75, 3.05) is 12.8 Å². The lowest BCUT2D eigenvalue weighted by Gasteiger charge is -1.99. The van der Waals surface area contributed by atoms with E-state index in [0.29, 0.717) is 5.52 Å². The third kappa shape index (κ3) is 1.01. The first kappa shape index (κ1) is 7.59. The van der Waals surface area contributed by atoms with E-state index in [0.717, 1.165) is 4.73 Å². The highest BCUT2D eigenvalue weighted by molar-refractivity contribution is 5.77. The molecule has 68 valence electrons. The molecular formula is C6H7N5O2. The van der Waals surface area contributed by atoms with E-state index in [1.165, 1.54) is 13.4 Å². The lowest BCUT2D eigenvalue weighted by Crippen LogP contribution is -2.00. The second-order valence-corrected chi connectivity index (χ2v) is 2.35. The Morgan fingerprint density at radius 1 is 1.54 bits per heavy atom. The molecule has 2 rings (SSSR count). The van der Waals surface area contributed by atoms with Crippen LogP contribution < -0.4 is 10.5 Å². The Kier molecular flexibility index (Phi) is 1.44. The van der Waals surface area contributed by atoms with Crippen LogP contribution >= 0.6 is 0 Å². The smallest absolute Gasteiger partial charge is 0.247 e. The number of anilines is 1. The van der Waals surface area contributed by atoms with E-state index in [1.807, 2.05) is 0 Å². The summed E-state index contributed by atoms with van der Waals surface area (Å²) >= 11 is 0. The first-order valence-corrected chi connectivity index (χ1v) is 3.46. The molecule has 0 aliphatic carbocycles. The minimum absolute atomic E-state index is 0.0279. The van der Waals surface area contributed by atoms with Gasteiger partial charge in [-0.3, -0.25) is 0 Å². The number of fused-ring (bicyclic) bond motifs is 1. The number of imidazole rings is 1. The van der Waals surface area contributed by atoms with Crippen molar-refractivity contribution in [3.05, 3.63) is 6.33 Å². The summed E-state index contributed by atoms with van der Waals surface area (Å²) in [5.41, 5.74) is 5.97. The fraction of sp³-hybridized carbons (Fsp3) is 0.167. The van der Waals surface area contributed by atoms with Gasteiger partial charge in [0.25, 0.3) is 0 Å². The van der Waals surface area contributed by atoms with Gasteiger partial charge in [-0.2, -0.15) is 14.7 Å². The fourth-order valence-corrected chi connectivity index (χ4v) is 1.02. The van der Waals surface area contributed by atoms with Crippen LogP contribution in [0.1, 0.15) is 0 Å². The Hall–Kier alpha value is -2.05. The van der Waals surface area contributed by atoms with Gasteiger partial charge in [-0.25, -0.2) is 4.98 Å². The molecule has 0 amide bonds. The molecule has 13 heavy (non-hydrogen) atoms. The topological polar surface area (TPSA) is 99.1 Å². The average molecular weight is 181 g/mol. The van der Waals surface area contributed by atoms with E-state index in [4.69, 9.17) is 10.5 Å². The highest BCUT2D eigenvalue weighted by Gasteiger charge is 2.11. The van der Waals surface area contributed by atoms with Gasteiger partial charge in [-0.05, 0) is 0 Å². The van der Waals surface area contributed by atoms with Gasteiger partial charge < -0.3 is 15.7 Å². The molecular weight excluding hydrogens is 174 g/mol. The molecule has 0 aliphatic heterocycles. The Bertz CT molecular complexity index is 451. The van der Waals surface area contributed by atoms with Gasteiger partial charge in [-0.1, -0.05) is 0 Å². The van der Waals surface area contributed by atoms with Crippen molar-refractivity contribution in [2.24, 2.45) is 0 Å². The van der Waals surface area contributed by atoms with Gasteiger partial charge in [0.05, 0.1) is 7.11 Å². The van der Waals surface area contributed by atoms with Gasteiger partial charge >= 0.3 is 0 Å². The molecule has 3 N–H and O–H groups in total. The Morgan fingerprint density at radius 3 is 3.00 bits per heavy atom. The molecule has 0 aromatic carbocycles. The summed E-state index contributed by atoms with van der Waals surface area (Å²) in [6.07, 6.45) is 1.20. The zero-order valence-corrected chi connectivity index (χ0v) is 6.80. The van der Waals surface area contributed by atoms with Crippen LogP contribution in [0.2, 0.25) is 0 Å². The van der Waals surface area contributed by atoms with Gasteiger partial charge in [0.15, 0.2) is 5.52 Å². The van der Waals surface area contributed by atoms with Crippen LogP contribution in [0.4, 0.5) is 5.95 Å². The quantitative estimate of drug-likeness (QED) is 0.583. The first-order chi connectivity index (χ1) is 6.22. The number of hydrogen-bond acceptors (Lipinski definition) is 6. The van der Waals surface area contributed by atoms with Gasteiger partial charge in [0.1, 0.15) is 6.33 Å². The lowest BCUT2D eigenvalue weighted by atomic mass is 10.5. The largest absolute Gasteiger partial charge is 0.479 e. The number of aromatic nitrogens is 4. The van der Waals surface area contributed by atoms with Crippen molar-refractivity contribution in [1.82, 2.24) is 19.7 Å². The molecule has 0 fully saturated rings. The third-order valence-electron chi connectivity index (χ3n) is 1.56. The van der Waals surface area contributed by atoms with E-state index >= 15 is 0 Å². The van der Waals surface area contributed by atoms with Crippen molar-refractivity contribution >= 4 is 17.1 Å². The lowest BCUT2D eigenvalue weighted by molar-refractivity contribution is 0.196. The minimum Gasteiger partial charge on any atom is -0.479 e. The molecule has 7 heteroatoms. The van der Waals surface area contributed by atoms with E-state index in [2.05, 4.69) is 15.0 Å². The minimum atomic E-state index is 0.0279. The molecule has 0 saturated carbocycles. The number of methoxy groups -OCH3 is 1. The Morgan fingerprint density at radius 2 is 2.31 bits per heavy atom. The number of nitrogens with zero attached hydrogens (tertiary/aromatic N) is 4. The second-order valence-electron chi connectivity index (χ2n) is 2.35. The summed E-state index contributed by atoms with van der Waals surface area (Å²) in [4.78, 5) is 11.4. The van der Waals surface area contributed by atoms with Crippen molar-refractivity contribution < 1.29 is 9.94 Å². The van der Waals surface area contributed by atoms with Gasteiger partial charge in [0, 0.05) is 0 Å². The normalized spacial score (nSPS) is 10.5. The summed E-state index contributed by atoms with van der Waals surface area (Å²) in [5, 5.41) is 9.21. The third-order valence-corrected chi connectivity index (χ3v) is 1.56. The van der Waals surface area contributed by atoms with E-state index in [9.17, 15) is 5.21 Å². The standard InChI is InChI=1S/C6H7N5O2/c1-13-5-3-4(9-6(7)10-5)11(12)2-8-3/h2,12H,1H3,(H2,7,9,10). The molecule has 0 radical (unpaired) electrons. The molecule has 2 heterocycles. The average Bonchev–Trinajstić information content (AvgIpc) is 2.47. The van der Waals surface area contributed by atoms with Crippen molar-refractivity contribution in [2.45, 2.75) is 0 Å². The predicted octanol–water partition coefficient (Wildman–Crippen LogP) is -0.346. The SMILES string of the molecule is COc1nc(N)nc2c1ncn2O. The number of nitrogen functional groups attached to an aromatic ring is 1. The Labute approximate surface area is 72.8 Å². The maximum Gasteiger partial charge on any atom is 0.247 e. The highest BCUT2D eigenvalue weighted by Crippen LogP contribution is 2.19. The fourth-order valence-electron chi connectivity index (χ4n) is 1.02. The first-order valence-electron chi connectivity index (χ1n) is 3.46. The van der Waals surface area contributed by atoms with Gasteiger partial charge in [-0.15, -0.1) is 0 Å². The van der Waals surface area contributed by atoms with Crippen LogP contribution in [-0.2, 0) is 0 Å². The van der Waals surface area contributed by atoms with E-state index in [-0.39, 0.29) is 17.5 Å². The summed E-state index contributed by atoms with van der Waals surface area (Å²) < 4.78 is 5.66. The summed E-state index contributed by atoms with van der Waals surface area (Å²) in [5.74, 6) is 0.274. The molecule has 2 aromatic rings. The molecule has 0 atom stereocenters. The predicted molar refractivity (Wildman–Crippen MR) is 43.5 cm³/mol. The van der Waals surface area contributed by atoms with Crippen LogP contribution in [0.15, 0.2) is 6.33 Å².